The molecule has 124 valence electrons. The van der Waals surface area contributed by atoms with Crippen molar-refractivity contribution in [3.8, 4) is 0 Å². The molecule has 1 aromatic heterocycles. The van der Waals surface area contributed by atoms with E-state index in [4.69, 9.17) is 9.47 Å². The number of rotatable bonds is 8. The molecule has 0 aromatic carbocycles. The van der Waals surface area contributed by atoms with Crippen molar-refractivity contribution in [3.05, 3.63) is 12.4 Å². The highest BCUT2D eigenvalue weighted by Crippen LogP contribution is 2.26. The van der Waals surface area contributed by atoms with Gasteiger partial charge in [-0.2, -0.15) is 0 Å². The summed E-state index contributed by atoms with van der Waals surface area (Å²) in [6.45, 7) is 3.53. The second kappa shape index (κ2) is 8.26. The minimum atomic E-state index is 0.00261. The molecule has 2 rings (SSSR count). The van der Waals surface area contributed by atoms with Crippen molar-refractivity contribution < 1.29 is 14.6 Å². The van der Waals surface area contributed by atoms with E-state index in [9.17, 15) is 5.11 Å². The van der Waals surface area contributed by atoms with E-state index in [0.29, 0.717) is 6.61 Å². The quantitative estimate of drug-likeness (QED) is 0.738. The summed E-state index contributed by atoms with van der Waals surface area (Å²) in [6.07, 6.45) is 3.49. The first-order valence-corrected chi connectivity index (χ1v) is 7.69. The predicted molar refractivity (Wildman–Crippen MR) is 85.2 cm³/mol. The lowest BCUT2D eigenvalue weighted by atomic mass is 10.2. The highest BCUT2D eigenvalue weighted by Gasteiger charge is 2.33. The molecule has 1 unspecified atom stereocenters. The van der Waals surface area contributed by atoms with E-state index in [2.05, 4.69) is 20.2 Å². The molecule has 1 aromatic rings. The van der Waals surface area contributed by atoms with E-state index in [1.807, 2.05) is 13.0 Å². The molecule has 3 atom stereocenters. The average Bonchev–Trinajstić information content (AvgIpc) is 2.96. The van der Waals surface area contributed by atoms with E-state index >= 15 is 0 Å². The molecule has 1 aliphatic heterocycles. The average molecular weight is 310 g/mol. The predicted octanol–water partition coefficient (Wildman–Crippen LogP) is 0.899. The molecule has 1 aliphatic rings. The van der Waals surface area contributed by atoms with Gasteiger partial charge in [0.1, 0.15) is 18.0 Å². The normalized spacial score (nSPS) is 22.8. The molecule has 0 spiro atoms. The topological polar surface area (TPSA) is 79.7 Å². The van der Waals surface area contributed by atoms with Gasteiger partial charge in [0.25, 0.3) is 0 Å². The molecular weight excluding hydrogens is 284 g/mol. The summed E-state index contributed by atoms with van der Waals surface area (Å²) in [5, 5.41) is 12.5. The van der Waals surface area contributed by atoms with Gasteiger partial charge in [-0.05, 0) is 12.8 Å². The first kappa shape index (κ1) is 16.9. The molecule has 0 bridgehead atoms. The molecule has 0 aliphatic carbocycles. The van der Waals surface area contributed by atoms with Crippen molar-refractivity contribution in [1.29, 1.82) is 0 Å². The molecular formula is C15H26N4O3. The SMILES string of the molecule is CCC(CO)Nc1cc(N2C[C@@H](OC)C[C@H]2COC)ncn1. The Hall–Kier alpha value is -1.44. The van der Waals surface area contributed by atoms with Gasteiger partial charge in [-0.15, -0.1) is 0 Å². The Kier molecular flexibility index (Phi) is 6.35. The largest absolute Gasteiger partial charge is 0.394 e. The van der Waals surface area contributed by atoms with Crippen molar-refractivity contribution in [1.82, 2.24) is 9.97 Å². The van der Waals surface area contributed by atoms with Gasteiger partial charge in [0, 0.05) is 26.8 Å². The molecule has 0 radical (unpaired) electrons. The number of nitrogens with one attached hydrogen (secondary N) is 1. The first-order chi connectivity index (χ1) is 10.7. The molecule has 0 amide bonds. The van der Waals surface area contributed by atoms with Crippen molar-refractivity contribution >= 4 is 11.6 Å². The number of aromatic nitrogens is 2. The zero-order valence-electron chi connectivity index (χ0n) is 13.5. The van der Waals surface area contributed by atoms with Crippen LogP contribution in [0.25, 0.3) is 0 Å². The summed E-state index contributed by atoms with van der Waals surface area (Å²) in [5.74, 6) is 1.58. The Morgan fingerprint density at radius 1 is 1.45 bits per heavy atom. The minimum absolute atomic E-state index is 0.00261. The van der Waals surface area contributed by atoms with Crippen LogP contribution >= 0.6 is 0 Å². The molecule has 2 N–H and O–H groups in total. The number of hydrogen-bond acceptors (Lipinski definition) is 7. The Bertz CT molecular complexity index is 456. The second-order valence-electron chi connectivity index (χ2n) is 5.55. The standard InChI is InChI=1S/C15H26N4O3/c1-4-11(8-20)18-14-6-15(17-10-16-14)19-7-13(22-3)5-12(19)9-21-2/h6,10-13,20H,4-5,7-9H2,1-3H3,(H,16,17,18)/t11?,12-,13-/m0/s1. The smallest absolute Gasteiger partial charge is 0.134 e. The fraction of sp³-hybridized carbons (Fsp3) is 0.733. The Morgan fingerprint density at radius 2 is 2.27 bits per heavy atom. The summed E-state index contributed by atoms with van der Waals surface area (Å²) < 4.78 is 10.8. The number of ether oxygens (including phenoxy) is 2. The van der Waals surface area contributed by atoms with Crippen LogP contribution in [0.4, 0.5) is 11.6 Å². The maximum absolute atomic E-state index is 9.30. The van der Waals surface area contributed by atoms with Crippen LogP contribution in [0.1, 0.15) is 19.8 Å². The van der Waals surface area contributed by atoms with Crippen LogP contribution in [0.5, 0.6) is 0 Å². The second-order valence-corrected chi connectivity index (χ2v) is 5.55. The van der Waals surface area contributed by atoms with Crippen LogP contribution < -0.4 is 10.2 Å². The van der Waals surface area contributed by atoms with Gasteiger partial charge < -0.3 is 24.8 Å². The number of aliphatic hydroxyl groups is 1. The Labute approximate surface area is 131 Å². The van der Waals surface area contributed by atoms with Gasteiger partial charge in [0.05, 0.1) is 31.4 Å². The van der Waals surface area contributed by atoms with Crippen molar-refractivity contribution in [3.63, 3.8) is 0 Å². The number of aliphatic hydroxyl groups excluding tert-OH is 1. The number of nitrogens with zero attached hydrogens (tertiary/aromatic N) is 3. The number of methoxy groups -OCH3 is 2. The van der Waals surface area contributed by atoms with Crippen LogP contribution in [-0.4, -0.2) is 67.2 Å². The van der Waals surface area contributed by atoms with Crippen molar-refractivity contribution in [2.75, 3.05) is 44.2 Å². The fourth-order valence-corrected chi connectivity index (χ4v) is 2.74. The first-order valence-electron chi connectivity index (χ1n) is 7.69. The Morgan fingerprint density at radius 3 is 2.91 bits per heavy atom. The summed E-state index contributed by atoms with van der Waals surface area (Å²) in [7, 11) is 3.44. The van der Waals surface area contributed by atoms with E-state index in [0.717, 1.165) is 31.0 Å². The maximum atomic E-state index is 9.30. The Balaban J connectivity index is 2.13. The van der Waals surface area contributed by atoms with Crippen molar-refractivity contribution in [2.45, 2.75) is 38.0 Å². The third-order valence-electron chi connectivity index (χ3n) is 4.08. The fourth-order valence-electron chi connectivity index (χ4n) is 2.74. The highest BCUT2D eigenvalue weighted by atomic mass is 16.5. The highest BCUT2D eigenvalue weighted by molar-refractivity contribution is 5.50. The van der Waals surface area contributed by atoms with E-state index in [1.54, 1.807) is 20.5 Å². The summed E-state index contributed by atoms with van der Waals surface area (Å²) in [6, 6.07) is 2.17. The summed E-state index contributed by atoms with van der Waals surface area (Å²) >= 11 is 0. The van der Waals surface area contributed by atoms with Crippen LogP contribution in [0.15, 0.2) is 12.4 Å². The molecule has 1 fully saturated rings. The molecule has 2 heterocycles. The van der Waals surface area contributed by atoms with E-state index in [-0.39, 0.29) is 24.8 Å². The van der Waals surface area contributed by atoms with Crippen LogP contribution in [0.2, 0.25) is 0 Å². The number of hydrogen-bond donors (Lipinski definition) is 2. The van der Waals surface area contributed by atoms with Gasteiger partial charge >= 0.3 is 0 Å². The summed E-state index contributed by atoms with van der Waals surface area (Å²) in [5.41, 5.74) is 0. The number of anilines is 2. The van der Waals surface area contributed by atoms with Crippen LogP contribution in [0, 0.1) is 0 Å². The van der Waals surface area contributed by atoms with E-state index in [1.165, 1.54) is 0 Å². The minimum Gasteiger partial charge on any atom is -0.394 e. The summed E-state index contributed by atoms with van der Waals surface area (Å²) in [4.78, 5) is 10.8. The van der Waals surface area contributed by atoms with Gasteiger partial charge in [0.15, 0.2) is 0 Å². The molecule has 7 heteroatoms. The van der Waals surface area contributed by atoms with Gasteiger partial charge in [-0.3, -0.25) is 0 Å². The lowest BCUT2D eigenvalue weighted by Gasteiger charge is -2.25. The maximum Gasteiger partial charge on any atom is 0.134 e. The zero-order valence-corrected chi connectivity index (χ0v) is 13.5. The van der Waals surface area contributed by atoms with E-state index < -0.39 is 0 Å². The van der Waals surface area contributed by atoms with Crippen LogP contribution in [0.3, 0.4) is 0 Å². The lowest BCUT2D eigenvalue weighted by molar-refractivity contribution is 0.111. The lowest BCUT2D eigenvalue weighted by Crippen LogP contribution is -2.34. The van der Waals surface area contributed by atoms with Crippen LogP contribution in [-0.2, 0) is 9.47 Å². The van der Waals surface area contributed by atoms with Gasteiger partial charge in [-0.1, -0.05) is 6.92 Å². The van der Waals surface area contributed by atoms with Crippen molar-refractivity contribution in [2.24, 2.45) is 0 Å². The molecule has 7 nitrogen and oxygen atoms in total. The third-order valence-corrected chi connectivity index (χ3v) is 4.08. The molecule has 1 saturated heterocycles. The van der Waals surface area contributed by atoms with Gasteiger partial charge in [0.2, 0.25) is 0 Å². The van der Waals surface area contributed by atoms with Gasteiger partial charge in [-0.25, -0.2) is 9.97 Å². The monoisotopic (exact) mass is 310 g/mol. The zero-order chi connectivity index (χ0) is 15.9. The molecule has 0 saturated carbocycles. The third kappa shape index (κ3) is 4.06. The molecule has 22 heavy (non-hydrogen) atoms.